The summed E-state index contributed by atoms with van der Waals surface area (Å²) >= 11 is 11.7. The highest BCUT2D eigenvalue weighted by molar-refractivity contribution is 6.70. The molecule has 0 heterocycles. The number of alkyl halides is 1. The van der Waals surface area contributed by atoms with Gasteiger partial charge >= 0.3 is 0 Å². The Hall–Kier alpha value is -0.183. The predicted molar refractivity (Wildman–Crippen MR) is 65.0 cm³/mol. The summed E-state index contributed by atoms with van der Waals surface area (Å²) in [7, 11) is -1.54. The summed E-state index contributed by atoms with van der Waals surface area (Å²) in [6.07, 6.45) is 0. The van der Waals surface area contributed by atoms with Gasteiger partial charge in [0.25, 0.3) is 0 Å². The quantitative estimate of drug-likeness (QED) is 0.573. The topological polar surface area (TPSA) is 9.23 Å². The molecule has 0 N–H and O–H groups in total. The van der Waals surface area contributed by atoms with Crippen LogP contribution in [0.1, 0.15) is 5.56 Å². The van der Waals surface area contributed by atoms with E-state index >= 15 is 0 Å². The molecular formula is C10H14Cl2OSi. The molecule has 0 unspecified atom stereocenters. The Morgan fingerprint density at radius 1 is 1.29 bits per heavy atom. The molecular weight excluding hydrogens is 235 g/mol. The second-order valence-corrected chi connectivity index (χ2v) is 9.20. The summed E-state index contributed by atoms with van der Waals surface area (Å²) in [4.78, 5) is 0. The van der Waals surface area contributed by atoms with Gasteiger partial charge in [0.15, 0.2) is 0 Å². The maximum absolute atomic E-state index is 5.94. The second kappa shape index (κ2) is 4.56. The molecule has 0 atom stereocenters. The molecule has 4 heteroatoms. The Bertz CT molecular complexity index is 320. The van der Waals surface area contributed by atoms with E-state index in [0.717, 1.165) is 11.3 Å². The molecule has 0 radical (unpaired) electrons. The smallest absolute Gasteiger partial charge is 0.242 e. The highest BCUT2D eigenvalue weighted by Gasteiger charge is 2.16. The van der Waals surface area contributed by atoms with Crippen LogP contribution >= 0.6 is 23.2 Å². The zero-order valence-corrected chi connectivity index (χ0v) is 11.1. The van der Waals surface area contributed by atoms with Gasteiger partial charge in [0.05, 0.1) is 0 Å². The highest BCUT2D eigenvalue weighted by Crippen LogP contribution is 2.25. The molecule has 78 valence electrons. The normalized spacial score (nSPS) is 11.5. The monoisotopic (exact) mass is 248 g/mol. The number of hydrogen-bond acceptors (Lipinski definition) is 1. The molecule has 1 rings (SSSR count). The molecule has 0 aliphatic carbocycles. The van der Waals surface area contributed by atoms with Gasteiger partial charge in [-0.15, -0.1) is 11.6 Å². The van der Waals surface area contributed by atoms with Crippen molar-refractivity contribution < 1.29 is 4.43 Å². The van der Waals surface area contributed by atoms with Gasteiger partial charge in [-0.2, -0.15) is 0 Å². The molecule has 1 nitrogen and oxygen atoms in total. The minimum atomic E-state index is -1.54. The van der Waals surface area contributed by atoms with Gasteiger partial charge in [0, 0.05) is 10.9 Å². The number of hydrogen-bond donors (Lipinski definition) is 0. The van der Waals surface area contributed by atoms with Crippen molar-refractivity contribution in [1.29, 1.82) is 0 Å². The largest absolute Gasteiger partial charge is 0.544 e. The molecule has 14 heavy (non-hydrogen) atoms. The van der Waals surface area contributed by atoms with Gasteiger partial charge in [-0.25, -0.2) is 0 Å². The molecule has 0 saturated heterocycles. The minimum absolute atomic E-state index is 0.418. The van der Waals surface area contributed by atoms with E-state index in [0.29, 0.717) is 10.9 Å². The van der Waals surface area contributed by atoms with E-state index in [-0.39, 0.29) is 0 Å². The first-order valence-electron chi connectivity index (χ1n) is 4.46. The zero-order valence-electron chi connectivity index (χ0n) is 8.60. The summed E-state index contributed by atoms with van der Waals surface area (Å²) in [6.45, 7) is 6.42. The van der Waals surface area contributed by atoms with Crippen LogP contribution in [-0.2, 0) is 5.88 Å². The van der Waals surface area contributed by atoms with Crippen LogP contribution in [-0.4, -0.2) is 8.32 Å². The average Bonchev–Trinajstić information content (AvgIpc) is 2.06. The Kier molecular flexibility index (Phi) is 3.87. The molecule has 1 aromatic carbocycles. The summed E-state index contributed by atoms with van der Waals surface area (Å²) in [6, 6.07) is 5.62. The van der Waals surface area contributed by atoms with Crippen molar-refractivity contribution in [2.75, 3.05) is 0 Å². The van der Waals surface area contributed by atoms with E-state index in [1.165, 1.54) is 0 Å². The average molecular weight is 249 g/mol. The molecule has 0 amide bonds. The molecule has 0 bridgehead atoms. The number of rotatable bonds is 3. The Balaban J connectivity index is 2.90. The van der Waals surface area contributed by atoms with Gasteiger partial charge in [0.2, 0.25) is 8.32 Å². The Labute approximate surface area is 96.1 Å². The molecule has 0 aliphatic rings. The summed E-state index contributed by atoms with van der Waals surface area (Å²) in [5.74, 6) is 1.28. The Morgan fingerprint density at radius 2 is 1.93 bits per heavy atom. The van der Waals surface area contributed by atoms with Crippen molar-refractivity contribution in [2.24, 2.45) is 0 Å². The standard InChI is InChI=1S/C10H14Cl2OSi/c1-14(2,3)13-9-4-5-10(12)8(6-9)7-11/h4-6H,7H2,1-3H3. The lowest BCUT2D eigenvalue weighted by Crippen LogP contribution is -2.29. The van der Waals surface area contributed by atoms with Crippen molar-refractivity contribution in [2.45, 2.75) is 25.5 Å². The third kappa shape index (κ3) is 3.52. The van der Waals surface area contributed by atoms with Crippen molar-refractivity contribution in [3.05, 3.63) is 28.8 Å². The zero-order chi connectivity index (χ0) is 10.8. The molecule has 0 aliphatic heterocycles. The van der Waals surface area contributed by atoms with E-state index in [1.54, 1.807) is 0 Å². The highest BCUT2D eigenvalue weighted by atomic mass is 35.5. The van der Waals surface area contributed by atoms with Crippen LogP contribution in [0, 0.1) is 0 Å². The van der Waals surface area contributed by atoms with Gasteiger partial charge < -0.3 is 4.43 Å². The summed E-state index contributed by atoms with van der Waals surface area (Å²) in [5.41, 5.74) is 0.920. The van der Waals surface area contributed by atoms with Crippen LogP contribution in [0.25, 0.3) is 0 Å². The first kappa shape index (κ1) is 11.9. The van der Waals surface area contributed by atoms with Crippen LogP contribution in [0.2, 0.25) is 24.7 Å². The fourth-order valence-corrected chi connectivity index (χ4v) is 2.38. The predicted octanol–water partition coefficient (Wildman–Crippen LogP) is 4.29. The first-order valence-corrected chi connectivity index (χ1v) is 8.78. The third-order valence-electron chi connectivity index (χ3n) is 1.59. The lowest BCUT2D eigenvalue weighted by atomic mass is 10.2. The van der Waals surface area contributed by atoms with Crippen LogP contribution in [0.4, 0.5) is 0 Å². The van der Waals surface area contributed by atoms with E-state index in [2.05, 4.69) is 19.6 Å². The van der Waals surface area contributed by atoms with Gasteiger partial charge in [0.1, 0.15) is 5.75 Å². The second-order valence-electron chi connectivity index (χ2n) is 4.10. The third-order valence-corrected chi connectivity index (χ3v) is 3.09. The van der Waals surface area contributed by atoms with E-state index in [4.69, 9.17) is 27.6 Å². The van der Waals surface area contributed by atoms with Gasteiger partial charge in [-0.1, -0.05) is 11.6 Å². The Morgan fingerprint density at radius 3 is 2.43 bits per heavy atom. The molecule has 1 aromatic rings. The maximum Gasteiger partial charge on any atom is 0.242 e. The van der Waals surface area contributed by atoms with Gasteiger partial charge in [-0.3, -0.25) is 0 Å². The first-order chi connectivity index (χ1) is 6.42. The SMILES string of the molecule is C[Si](C)(C)Oc1ccc(Cl)c(CCl)c1. The van der Waals surface area contributed by atoms with Crippen LogP contribution in [0.5, 0.6) is 5.75 Å². The lowest BCUT2D eigenvalue weighted by molar-refractivity contribution is 0.557. The van der Waals surface area contributed by atoms with Gasteiger partial charge in [-0.05, 0) is 43.4 Å². The minimum Gasteiger partial charge on any atom is -0.544 e. The van der Waals surface area contributed by atoms with E-state index in [1.807, 2.05) is 18.2 Å². The molecule has 0 saturated carbocycles. The number of halogens is 2. The fraction of sp³-hybridized carbons (Fsp3) is 0.400. The van der Waals surface area contributed by atoms with E-state index < -0.39 is 8.32 Å². The van der Waals surface area contributed by atoms with Crippen LogP contribution in [0.3, 0.4) is 0 Å². The fourth-order valence-electron chi connectivity index (χ4n) is 1.07. The van der Waals surface area contributed by atoms with Crippen molar-refractivity contribution in [3.63, 3.8) is 0 Å². The van der Waals surface area contributed by atoms with E-state index in [9.17, 15) is 0 Å². The molecule has 0 fully saturated rings. The maximum atomic E-state index is 5.94. The summed E-state index contributed by atoms with van der Waals surface area (Å²) in [5, 5.41) is 0.697. The number of benzene rings is 1. The summed E-state index contributed by atoms with van der Waals surface area (Å²) < 4.78 is 5.82. The van der Waals surface area contributed by atoms with Crippen molar-refractivity contribution >= 4 is 31.5 Å². The molecule has 0 aromatic heterocycles. The van der Waals surface area contributed by atoms with Crippen molar-refractivity contribution in [1.82, 2.24) is 0 Å². The van der Waals surface area contributed by atoms with Crippen LogP contribution < -0.4 is 4.43 Å². The molecule has 0 spiro atoms. The lowest BCUT2D eigenvalue weighted by Gasteiger charge is -2.19. The van der Waals surface area contributed by atoms with Crippen molar-refractivity contribution in [3.8, 4) is 5.75 Å². The van der Waals surface area contributed by atoms with Crippen LogP contribution in [0.15, 0.2) is 18.2 Å².